The second-order valence-electron chi connectivity index (χ2n) is 5.88. The van der Waals surface area contributed by atoms with Gasteiger partial charge in [-0.3, -0.25) is 24.5 Å². The third-order valence-corrected chi connectivity index (χ3v) is 2.13. The molecule has 0 fully saturated rings. The molecule has 0 aliphatic carbocycles. The summed E-state index contributed by atoms with van der Waals surface area (Å²) in [5.41, 5.74) is -0.774. The Morgan fingerprint density at radius 1 is 0.955 bits per heavy atom. The highest BCUT2D eigenvalue weighted by Crippen LogP contribution is 2.06. The Morgan fingerprint density at radius 3 is 1.77 bits per heavy atom. The molecular formula is C14H22N2O6. The van der Waals surface area contributed by atoms with Crippen LogP contribution in [-0.2, 0) is 23.9 Å². The number of carbonyl (C=O) groups excluding carboxylic acids is 5. The van der Waals surface area contributed by atoms with Crippen LogP contribution in [0.2, 0.25) is 0 Å². The van der Waals surface area contributed by atoms with Gasteiger partial charge in [0.1, 0.15) is 23.6 Å². The molecule has 0 bridgehead atoms. The molecule has 0 saturated heterocycles. The van der Waals surface area contributed by atoms with Gasteiger partial charge in [-0.25, -0.2) is 4.79 Å². The zero-order valence-electron chi connectivity index (χ0n) is 13.5. The van der Waals surface area contributed by atoms with Gasteiger partial charge < -0.3 is 9.64 Å². The summed E-state index contributed by atoms with van der Waals surface area (Å²) in [5, 5.41) is 1.91. The normalized spacial score (nSPS) is 10.6. The molecular weight excluding hydrogens is 292 g/mol. The first-order valence-corrected chi connectivity index (χ1v) is 6.70. The van der Waals surface area contributed by atoms with Crippen molar-refractivity contribution >= 4 is 29.5 Å². The molecule has 8 nitrogen and oxygen atoms in total. The van der Waals surface area contributed by atoms with Crippen molar-refractivity contribution in [3.05, 3.63) is 0 Å². The van der Waals surface area contributed by atoms with E-state index in [0.29, 0.717) is 0 Å². The standard InChI is InChI=1S/C14H22N2O6/c1-9(17)7-16(8-10(2)18)12(20)6-11(19)15-13(21)22-14(3,4)5/h6-8H2,1-5H3,(H,15,19,21). The van der Waals surface area contributed by atoms with E-state index in [9.17, 15) is 24.0 Å². The van der Waals surface area contributed by atoms with Crippen molar-refractivity contribution in [3.63, 3.8) is 0 Å². The molecule has 0 aromatic rings. The van der Waals surface area contributed by atoms with Crippen LogP contribution in [0.1, 0.15) is 41.0 Å². The molecule has 0 heterocycles. The summed E-state index contributed by atoms with van der Waals surface area (Å²) in [6.45, 7) is 6.88. The van der Waals surface area contributed by atoms with E-state index in [1.807, 2.05) is 5.32 Å². The molecule has 8 heteroatoms. The molecule has 0 atom stereocenters. The molecule has 0 unspecified atom stereocenters. The number of amides is 3. The number of nitrogens with one attached hydrogen (secondary N) is 1. The highest BCUT2D eigenvalue weighted by Gasteiger charge is 2.23. The van der Waals surface area contributed by atoms with Gasteiger partial charge in [-0.15, -0.1) is 0 Å². The Morgan fingerprint density at radius 2 is 1.41 bits per heavy atom. The molecule has 0 aromatic carbocycles. The maximum absolute atomic E-state index is 11.9. The van der Waals surface area contributed by atoms with Crippen LogP contribution in [0.4, 0.5) is 4.79 Å². The number of alkyl carbamates (subject to hydrolysis) is 1. The molecule has 0 radical (unpaired) electrons. The topological polar surface area (TPSA) is 110 Å². The van der Waals surface area contributed by atoms with E-state index >= 15 is 0 Å². The third-order valence-electron chi connectivity index (χ3n) is 2.13. The first kappa shape index (κ1) is 19.8. The van der Waals surface area contributed by atoms with Crippen LogP contribution < -0.4 is 5.32 Å². The monoisotopic (exact) mass is 314 g/mol. The van der Waals surface area contributed by atoms with Crippen molar-refractivity contribution in [1.29, 1.82) is 0 Å². The van der Waals surface area contributed by atoms with Gasteiger partial charge >= 0.3 is 6.09 Å². The average molecular weight is 314 g/mol. The zero-order chi connectivity index (χ0) is 17.5. The van der Waals surface area contributed by atoms with E-state index in [1.165, 1.54) is 13.8 Å². The smallest absolute Gasteiger partial charge is 0.414 e. The number of imide groups is 1. The molecule has 0 aliphatic rings. The molecule has 0 aromatic heterocycles. The molecule has 22 heavy (non-hydrogen) atoms. The first-order valence-electron chi connectivity index (χ1n) is 6.70. The quantitative estimate of drug-likeness (QED) is 0.712. The molecule has 0 spiro atoms. The van der Waals surface area contributed by atoms with Crippen LogP contribution in [0.5, 0.6) is 0 Å². The number of nitrogens with zero attached hydrogens (tertiary/aromatic N) is 1. The minimum Gasteiger partial charge on any atom is -0.444 e. The summed E-state index contributed by atoms with van der Waals surface area (Å²) < 4.78 is 4.88. The molecule has 124 valence electrons. The van der Waals surface area contributed by atoms with Crippen molar-refractivity contribution in [2.45, 2.75) is 46.6 Å². The van der Waals surface area contributed by atoms with Crippen molar-refractivity contribution < 1.29 is 28.7 Å². The van der Waals surface area contributed by atoms with E-state index in [1.54, 1.807) is 20.8 Å². The van der Waals surface area contributed by atoms with Crippen molar-refractivity contribution in [2.24, 2.45) is 0 Å². The SMILES string of the molecule is CC(=O)CN(CC(C)=O)C(=O)CC(=O)NC(=O)OC(C)(C)C. The Kier molecular flexibility index (Phi) is 7.41. The van der Waals surface area contributed by atoms with E-state index in [2.05, 4.69) is 0 Å². The minimum absolute atomic E-state index is 0.266. The molecule has 0 rings (SSSR count). The van der Waals surface area contributed by atoms with Gasteiger partial charge in [0.25, 0.3) is 0 Å². The average Bonchev–Trinajstić information content (AvgIpc) is 2.22. The maximum atomic E-state index is 11.9. The highest BCUT2D eigenvalue weighted by atomic mass is 16.6. The summed E-state index contributed by atoms with van der Waals surface area (Å²) in [6.07, 6.45) is -1.62. The van der Waals surface area contributed by atoms with Crippen LogP contribution in [0.25, 0.3) is 0 Å². The lowest BCUT2D eigenvalue weighted by Crippen LogP contribution is -2.42. The van der Waals surface area contributed by atoms with Gasteiger partial charge in [0.2, 0.25) is 11.8 Å². The lowest BCUT2D eigenvalue weighted by Gasteiger charge is -2.21. The Bertz CT molecular complexity index is 462. The highest BCUT2D eigenvalue weighted by molar-refractivity contribution is 6.04. The predicted octanol–water partition coefficient (Wildman–Crippen LogP) is 0.434. The van der Waals surface area contributed by atoms with Crippen LogP contribution in [0, 0.1) is 0 Å². The third kappa shape index (κ3) is 9.62. The van der Waals surface area contributed by atoms with Crippen molar-refractivity contribution in [2.75, 3.05) is 13.1 Å². The van der Waals surface area contributed by atoms with Crippen LogP contribution in [0.15, 0.2) is 0 Å². The fourth-order valence-electron chi connectivity index (χ4n) is 1.48. The number of rotatable bonds is 6. The predicted molar refractivity (Wildman–Crippen MR) is 76.9 cm³/mol. The number of ether oxygens (including phenoxy) is 1. The lowest BCUT2D eigenvalue weighted by atomic mass is 10.2. The number of carbonyl (C=O) groups is 5. The fourth-order valence-corrected chi connectivity index (χ4v) is 1.48. The van der Waals surface area contributed by atoms with Gasteiger partial charge in [0.05, 0.1) is 13.1 Å². The molecule has 1 N–H and O–H groups in total. The minimum atomic E-state index is -0.963. The van der Waals surface area contributed by atoms with Gasteiger partial charge in [0, 0.05) is 0 Å². The maximum Gasteiger partial charge on any atom is 0.414 e. The van der Waals surface area contributed by atoms with Gasteiger partial charge in [-0.2, -0.15) is 0 Å². The van der Waals surface area contributed by atoms with Crippen molar-refractivity contribution in [3.8, 4) is 0 Å². The van der Waals surface area contributed by atoms with Gasteiger partial charge in [-0.05, 0) is 34.6 Å². The van der Waals surface area contributed by atoms with E-state index in [0.717, 1.165) is 4.90 Å². The zero-order valence-corrected chi connectivity index (χ0v) is 13.5. The summed E-state index contributed by atoms with van der Waals surface area (Å²) >= 11 is 0. The first-order chi connectivity index (χ1) is 9.90. The largest absolute Gasteiger partial charge is 0.444 e. The van der Waals surface area contributed by atoms with Gasteiger partial charge in [0.15, 0.2) is 0 Å². The number of hydrogen-bond acceptors (Lipinski definition) is 6. The Hall–Kier alpha value is -2.25. The van der Waals surface area contributed by atoms with Crippen molar-refractivity contribution in [1.82, 2.24) is 10.2 Å². The van der Waals surface area contributed by atoms with Crippen LogP contribution in [-0.4, -0.2) is 53.1 Å². The molecule has 0 aliphatic heterocycles. The second kappa shape index (κ2) is 8.26. The summed E-state index contributed by atoms with van der Waals surface area (Å²) in [5.74, 6) is -2.22. The van der Waals surface area contributed by atoms with Crippen LogP contribution >= 0.6 is 0 Å². The molecule has 0 saturated carbocycles. The lowest BCUT2D eigenvalue weighted by molar-refractivity contribution is -0.140. The van der Waals surface area contributed by atoms with Crippen LogP contribution in [0.3, 0.4) is 0 Å². The summed E-state index contributed by atoms with van der Waals surface area (Å²) in [4.78, 5) is 58.0. The fraction of sp³-hybridized carbons (Fsp3) is 0.643. The Labute approximate surface area is 129 Å². The number of ketones is 2. The second-order valence-corrected chi connectivity index (χ2v) is 5.88. The summed E-state index contributed by atoms with van der Waals surface area (Å²) in [6, 6.07) is 0. The number of Topliss-reactive ketones (excluding diaryl/α,β-unsaturated/α-hetero) is 2. The van der Waals surface area contributed by atoms with Gasteiger partial charge in [-0.1, -0.05) is 0 Å². The van der Waals surface area contributed by atoms with E-state index < -0.39 is 29.9 Å². The summed E-state index contributed by atoms with van der Waals surface area (Å²) in [7, 11) is 0. The molecule has 3 amide bonds. The number of hydrogen-bond donors (Lipinski definition) is 1. The Balaban J connectivity index is 4.58. The van der Waals surface area contributed by atoms with E-state index in [4.69, 9.17) is 4.74 Å². The van der Waals surface area contributed by atoms with E-state index in [-0.39, 0.29) is 24.7 Å².